The van der Waals surface area contributed by atoms with Crippen LogP contribution >= 0.6 is 0 Å². The predicted octanol–water partition coefficient (Wildman–Crippen LogP) is 2.91. The molecule has 3 fully saturated rings. The van der Waals surface area contributed by atoms with Gasteiger partial charge in [-0.15, -0.1) is 0 Å². The Morgan fingerprint density at radius 1 is 0.868 bits per heavy atom. The number of nitrogens with zero attached hydrogens (tertiary/aromatic N) is 3. The van der Waals surface area contributed by atoms with Crippen LogP contribution in [0.1, 0.15) is 21.5 Å². The third-order valence-corrected chi connectivity index (χ3v) is 8.12. The number of rotatable bonds is 5. The Morgan fingerprint density at radius 3 is 2.11 bits per heavy atom. The maximum absolute atomic E-state index is 14.2. The summed E-state index contributed by atoms with van der Waals surface area (Å²) < 4.78 is 13.7. The third-order valence-electron chi connectivity index (χ3n) is 8.12. The van der Waals surface area contributed by atoms with Crippen LogP contribution in [0.25, 0.3) is 0 Å². The topological polar surface area (TPSA) is 78.0 Å². The van der Waals surface area contributed by atoms with Crippen molar-refractivity contribution in [1.82, 2.24) is 14.7 Å². The number of carbonyl (C=O) groups is 4. The molecule has 3 aromatic carbocycles. The molecule has 3 saturated heterocycles. The number of hydrogen-bond donors (Lipinski definition) is 0. The molecule has 0 saturated carbocycles. The van der Waals surface area contributed by atoms with E-state index in [0.717, 1.165) is 11.1 Å². The van der Waals surface area contributed by atoms with Gasteiger partial charge in [0.2, 0.25) is 17.7 Å². The summed E-state index contributed by atoms with van der Waals surface area (Å²) in [6.07, 6.45) is 0.0831. The minimum absolute atomic E-state index is 0.0831. The summed E-state index contributed by atoms with van der Waals surface area (Å²) in [4.78, 5) is 60.4. The maximum atomic E-state index is 14.2. The van der Waals surface area contributed by atoms with E-state index in [4.69, 9.17) is 0 Å². The minimum atomic E-state index is -1.59. The fourth-order valence-corrected chi connectivity index (χ4v) is 6.54. The standard InChI is InChI=1S/C30H26FN3O4/c1-32-18-23-24-25(28(37)33(27(24)36)17-20-10-6-3-7-11-20)30(29(32)38,16-19-8-4-2-5-9-19)34(23)26(35)21-12-14-22(31)15-13-21/h2-15,23-25H,16-18H2,1H3/t23-,24+,25-,30-/m1/s1. The Bertz CT molecular complexity index is 1430. The highest BCUT2D eigenvalue weighted by Gasteiger charge is 2.75. The molecule has 3 aliphatic rings. The second-order valence-electron chi connectivity index (χ2n) is 10.3. The summed E-state index contributed by atoms with van der Waals surface area (Å²) in [7, 11) is 1.65. The third kappa shape index (κ3) is 3.47. The summed E-state index contributed by atoms with van der Waals surface area (Å²) in [6, 6.07) is 22.9. The number of piperazine rings is 1. The van der Waals surface area contributed by atoms with Crippen LogP contribution in [0.4, 0.5) is 4.39 Å². The van der Waals surface area contributed by atoms with Crippen LogP contribution in [0.2, 0.25) is 0 Å². The molecular formula is C30H26FN3O4. The Labute approximate surface area is 219 Å². The molecule has 7 nitrogen and oxygen atoms in total. The average Bonchev–Trinajstić information content (AvgIpc) is 3.31. The molecule has 0 radical (unpaired) electrons. The Balaban J connectivity index is 1.50. The second kappa shape index (κ2) is 8.90. The van der Waals surface area contributed by atoms with Crippen LogP contribution in [0.15, 0.2) is 84.9 Å². The van der Waals surface area contributed by atoms with E-state index in [1.165, 1.54) is 39.0 Å². The van der Waals surface area contributed by atoms with Gasteiger partial charge in [-0.1, -0.05) is 60.7 Å². The van der Waals surface area contributed by atoms with E-state index in [-0.39, 0.29) is 36.9 Å². The van der Waals surface area contributed by atoms with Crippen molar-refractivity contribution in [1.29, 1.82) is 0 Å². The van der Waals surface area contributed by atoms with Crippen molar-refractivity contribution in [2.75, 3.05) is 13.6 Å². The largest absolute Gasteiger partial charge is 0.342 e. The van der Waals surface area contributed by atoms with Crippen molar-refractivity contribution in [3.05, 3.63) is 107 Å². The van der Waals surface area contributed by atoms with Crippen molar-refractivity contribution in [2.45, 2.75) is 24.5 Å². The molecule has 6 rings (SSSR count). The first-order valence-corrected chi connectivity index (χ1v) is 12.6. The molecule has 2 bridgehead atoms. The first kappa shape index (κ1) is 24.0. The Hall–Kier alpha value is -4.33. The predicted molar refractivity (Wildman–Crippen MR) is 136 cm³/mol. The van der Waals surface area contributed by atoms with Crippen LogP contribution in [-0.4, -0.2) is 63.5 Å². The second-order valence-corrected chi connectivity index (χ2v) is 10.3. The summed E-state index contributed by atoms with van der Waals surface area (Å²) in [5, 5.41) is 0. The van der Waals surface area contributed by atoms with Crippen LogP contribution in [-0.2, 0) is 27.3 Å². The van der Waals surface area contributed by atoms with Crippen molar-refractivity contribution >= 4 is 23.6 Å². The van der Waals surface area contributed by atoms with Crippen molar-refractivity contribution in [3.8, 4) is 0 Å². The van der Waals surface area contributed by atoms with Gasteiger partial charge in [-0.25, -0.2) is 4.39 Å². The van der Waals surface area contributed by atoms with Gasteiger partial charge >= 0.3 is 0 Å². The van der Waals surface area contributed by atoms with Crippen molar-refractivity contribution < 1.29 is 23.6 Å². The number of fused-ring (bicyclic) bond motifs is 5. The average molecular weight is 512 g/mol. The normalized spacial score (nSPS) is 26.2. The van der Waals surface area contributed by atoms with Crippen molar-refractivity contribution in [3.63, 3.8) is 0 Å². The van der Waals surface area contributed by atoms with Gasteiger partial charge in [0.15, 0.2) is 0 Å². The zero-order valence-electron chi connectivity index (χ0n) is 20.8. The molecule has 38 heavy (non-hydrogen) atoms. The van der Waals surface area contributed by atoms with Crippen LogP contribution < -0.4 is 0 Å². The summed E-state index contributed by atoms with van der Waals surface area (Å²) >= 11 is 0. The highest BCUT2D eigenvalue weighted by Crippen LogP contribution is 2.54. The highest BCUT2D eigenvalue weighted by atomic mass is 19.1. The van der Waals surface area contributed by atoms with Crippen molar-refractivity contribution in [2.24, 2.45) is 11.8 Å². The van der Waals surface area contributed by atoms with Crippen LogP contribution in [0.3, 0.4) is 0 Å². The quantitative estimate of drug-likeness (QED) is 0.494. The molecule has 0 aliphatic carbocycles. The highest BCUT2D eigenvalue weighted by molar-refractivity contribution is 6.13. The zero-order chi connectivity index (χ0) is 26.6. The smallest absolute Gasteiger partial charge is 0.255 e. The number of benzene rings is 3. The van der Waals surface area contributed by atoms with E-state index in [2.05, 4.69) is 0 Å². The lowest BCUT2D eigenvalue weighted by Gasteiger charge is -2.49. The van der Waals surface area contributed by atoms with E-state index >= 15 is 0 Å². The molecule has 8 heteroatoms. The minimum Gasteiger partial charge on any atom is -0.342 e. The summed E-state index contributed by atoms with van der Waals surface area (Å²) in [6.45, 7) is 0.233. The maximum Gasteiger partial charge on any atom is 0.255 e. The lowest BCUT2D eigenvalue weighted by molar-refractivity contribution is -0.155. The van der Waals surface area contributed by atoms with Crippen LogP contribution in [0.5, 0.6) is 0 Å². The van der Waals surface area contributed by atoms with Gasteiger partial charge < -0.3 is 9.80 Å². The molecule has 3 aromatic rings. The van der Waals surface area contributed by atoms with Gasteiger partial charge in [0.1, 0.15) is 11.4 Å². The number of likely N-dealkylation sites (tertiary alicyclic amines) is 2. The Kier molecular flexibility index (Phi) is 5.63. The number of hydrogen-bond acceptors (Lipinski definition) is 4. The number of likely N-dealkylation sites (N-methyl/N-ethyl adjacent to an activating group) is 1. The molecule has 3 heterocycles. The number of imide groups is 1. The van der Waals surface area contributed by atoms with Gasteiger partial charge in [0.05, 0.1) is 24.4 Å². The molecule has 4 amide bonds. The number of halogens is 1. The van der Waals surface area contributed by atoms with E-state index < -0.39 is 41.0 Å². The van der Waals surface area contributed by atoms with E-state index in [9.17, 15) is 23.6 Å². The number of carbonyl (C=O) groups excluding carboxylic acids is 4. The molecule has 3 aliphatic heterocycles. The van der Waals surface area contributed by atoms with Gasteiger partial charge in [0.25, 0.3) is 5.91 Å². The van der Waals surface area contributed by atoms with Gasteiger partial charge in [-0.2, -0.15) is 0 Å². The SMILES string of the molecule is CN1C[C@@H]2[C@@H]3C(=O)N(Cc4ccccc4)C(=O)[C@@H]3[C@](Cc3ccccc3)(C1=O)N2C(=O)c1ccc(F)cc1. The number of amides is 4. The molecule has 0 unspecified atom stereocenters. The monoisotopic (exact) mass is 511 g/mol. The molecular weight excluding hydrogens is 485 g/mol. The molecule has 0 spiro atoms. The molecule has 0 aromatic heterocycles. The summed E-state index contributed by atoms with van der Waals surface area (Å²) in [5.41, 5.74) is 0.188. The Morgan fingerprint density at radius 2 is 1.47 bits per heavy atom. The summed E-state index contributed by atoms with van der Waals surface area (Å²) in [5.74, 6) is -4.04. The van der Waals surface area contributed by atoms with Gasteiger partial charge in [0, 0.05) is 25.6 Å². The first-order chi connectivity index (χ1) is 18.3. The van der Waals surface area contributed by atoms with Gasteiger partial charge in [-0.05, 0) is 35.4 Å². The van der Waals surface area contributed by atoms with E-state index in [0.29, 0.717) is 0 Å². The fourth-order valence-electron chi connectivity index (χ4n) is 6.54. The molecule has 192 valence electrons. The molecule has 4 atom stereocenters. The van der Waals surface area contributed by atoms with Crippen LogP contribution in [0, 0.1) is 17.7 Å². The fraction of sp³-hybridized carbons (Fsp3) is 0.267. The lowest BCUT2D eigenvalue weighted by atomic mass is 9.75. The van der Waals surface area contributed by atoms with E-state index in [1.807, 2.05) is 60.7 Å². The first-order valence-electron chi connectivity index (χ1n) is 12.6. The zero-order valence-corrected chi connectivity index (χ0v) is 20.8. The van der Waals surface area contributed by atoms with Gasteiger partial charge in [-0.3, -0.25) is 24.1 Å². The van der Waals surface area contributed by atoms with E-state index in [1.54, 1.807) is 7.05 Å². The molecule has 0 N–H and O–H groups in total. The lowest BCUT2D eigenvalue weighted by Crippen LogP contribution is -2.69.